The summed E-state index contributed by atoms with van der Waals surface area (Å²) < 4.78 is 15.4. The lowest BCUT2D eigenvalue weighted by molar-refractivity contribution is -0.119. The third kappa shape index (κ3) is 4.72. The first-order chi connectivity index (χ1) is 15.8. The monoisotopic (exact) mass is 447 g/mol. The number of amides is 2. The Morgan fingerprint density at radius 1 is 1.03 bits per heavy atom. The number of hydrogen-bond donors (Lipinski definition) is 1. The summed E-state index contributed by atoms with van der Waals surface area (Å²) in [5, 5.41) is 2.82. The van der Waals surface area contributed by atoms with Gasteiger partial charge < -0.3 is 14.8 Å². The molecule has 0 unspecified atom stereocenters. The highest BCUT2D eigenvalue weighted by molar-refractivity contribution is 5.96. The summed E-state index contributed by atoms with van der Waals surface area (Å²) in [6.07, 6.45) is 2.17. The Kier molecular flexibility index (Phi) is 6.14. The molecule has 0 radical (unpaired) electrons. The van der Waals surface area contributed by atoms with Crippen molar-refractivity contribution in [1.82, 2.24) is 9.88 Å². The van der Waals surface area contributed by atoms with Crippen molar-refractivity contribution in [3.05, 3.63) is 99.7 Å². The molecule has 7 heteroatoms. The van der Waals surface area contributed by atoms with E-state index in [2.05, 4.69) is 5.32 Å². The fraction of sp³-hybridized carbons (Fsp3) is 0.269. The molecule has 0 fully saturated rings. The van der Waals surface area contributed by atoms with Crippen LogP contribution in [0, 0.1) is 5.82 Å². The van der Waals surface area contributed by atoms with Crippen molar-refractivity contribution in [3.63, 3.8) is 0 Å². The number of nitrogens with zero attached hydrogens (tertiary/aromatic N) is 2. The predicted molar refractivity (Wildman–Crippen MR) is 125 cm³/mol. The molecule has 1 aliphatic rings. The minimum atomic E-state index is -0.630. The zero-order valence-electron chi connectivity index (χ0n) is 18.7. The lowest BCUT2D eigenvalue weighted by Crippen LogP contribution is -2.38. The molecule has 0 aliphatic carbocycles. The first-order valence-corrected chi connectivity index (χ1v) is 10.9. The SMILES string of the molecule is CC(C)(CNC(=O)c1ccc(=O)n(CC(=O)N2CCc3ccccc32)c1)c1ccccc1F. The van der Waals surface area contributed by atoms with Crippen molar-refractivity contribution in [3.8, 4) is 0 Å². The lowest BCUT2D eigenvalue weighted by atomic mass is 9.84. The van der Waals surface area contributed by atoms with Crippen LogP contribution in [0.25, 0.3) is 0 Å². The van der Waals surface area contributed by atoms with Gasteiger partial charge in [0.25, 0.3) is 11.5 Å². The summed E-state index contributed by atoms with van der Waals surface area (Å²) in [6, 6.07) is 16.9. The Morgan fingerprint density at radius 3 is 2.55 bits per heavy atom. The van der Waals surface area contributed by atoms with Crippen LogP contribution in [0.3, 0.4) is 0 Å². The van der Waals surface area contributed by atoms with Gasteiger partial charge in [-0.15, -0.1) is 0 Å². The number of hydrogen-bond acceptors (Lipinski definition) is 3. The summed E-state index contributed by atoms with van der Waals surface area (Å²) in [5.74, 6) is -0.931. The average Bonchev–Trinajstić information content (AvgIpc) is 3.23. The van der Waals surface area contributed by atoms with E-state index < -0.39 is 11.3 Å². The number of para-hydroxylation sites is 1. The van der Waals surface area contributed by atoms with Gasteiger partial charge in [0.1, 0.15) is 12.4 Å². The fourth-order valence-electron chi connectivity index (χ4n) is 4.13. The van der Waals surface area contributed by atoms with Crippen LogP contribution in [0.4, 0.5) is 10.1 Å². The van der Waals surface area contributed by atoms with E-state index >= 15 is 0 Å². The number of anilines is 1. The lowest BCUT2D eigenvalue weighted by Gasteiger charge is -2.26. The van der Waals surface area contributed by atoms with Gasteiger partial charge in [-0.1, -0.05) is 50.2 Å². The van der Waals surface area contributed by atoms with Crippen molar-refractivity contribution in [2.75, 3.05) is 18.0 Å². The van der Waals surface area contributed by atoms with E-state index in [1.165, 1.54) is 29.0 Å². The molecule has 33 heavy (non-hydrogen) atoms. The first kappa shape index (κ1) is 22.5. The topological polar surface area (TPSA) is 71.4 Å². The van der Waals surface area contributed by atoms with Crippen LogP contribution < -0.4 is 15.8 Å². The molecule has 170 valence electrons. The van der Waals surface area contributed by atoms with E-state index in [0.717, 1.165) is 17.7 Å². The van der Waals surface area contributed by atoms with Crippen molar-refractivity contribution >= 4 is 17.5 Å². The highest BCUT2D eigenvalue weighted by Gasteiger charge is 2.26. The molecule has 0 atom stereocenters. The van der Waals surface area contributed by atoms with E-state index in [1.54, 1.807) is 23.1 Å². The number of pyridine rings is 1. The number of rotatable bonds is 6. The molecular weight excluding hydrogens is 421 g/mol. The van der Waals surface area contributed by atoms with E-state index in [4.69, 9.17) is 0 Å². The number of nitrogens with one attached hydrogen (secondary N) is 1. The highest BCUT2D eigenvalue weighted by Crippen LogP contribution is 2.27. The quantitative estimate of drug-likeness (QED) is 0.630. The number of benzene rings is 2. The molecule has 0 spiro atoms. The fourth-order valence-corrected chi connectivity index (χ4v) is 4.13. The minimum absolute atomic E-state index is 0.158. The second-order valence-corrected chi connectivity index (χ2v) is 8.85. The molecular formula is C26H26FN3O3. The Labute approximate surface area is 191 Å². The van der Waals surface area contributed by atoms with Gasteiger partial charge in [-0.05, 0) is 35.7 Å². The van der Waals surface area contributed by atoms with Gasteiger partial charge in [-0.25, -0.2) is 4.39 Å². The Morgan fingerprint density at radius 2 is 1.76 bits per heavy atom. The molecule has 1 aromatic heterocycles. The van der Waals surface area contributed by atoms with Crippen molar-refractivity contribution in [2.24, 2.45) is 0 Å². The summed E-state index contributed by atoms with van der Waals surface area (Å²) in [6.45, 7) is 4.31. The van der Waals surface area contributed by atoms with Crippen LogP contribution in [0.15, 0.2) is 71.7 Å². The molecule has 0 saturated heterocycles. The third-order valence-corrected chi connectivity index (χ3v) is 6.03. The van der Waals surface area contributed by atoms with Gasteiger partial charge in [0.15, 0.2) is 0 Å². The Balaban J connectivity index is 1.46. The maximum Gasteiger partial charge on any atom is 0.252 e. The number of carbonyl (C=O) groups is 2. The number of aromatic nitrogens is 1. The number of carbonyl (C=O) groups excluding carboxylic acids is 2. The average molecular weight is 448 g/mol. The maximum absolute atomic E-state index is 14.2. The van der Waals surface area contributed by atoms with E-state index in [0.29, 0.717) is 12.1 Å². The van der Waals surface area contributed by atoms with Crippen LogP contribution in [0.1, 0.15) is 35.3 Å². The van der Waals surface area contributed by atoms with Crippen LogP contribution >= 0.6 is 0 Å². The normalized spacial score (nSPS) is 13.0. The molecule has 1 aliphatic heterocycles. The predicted octanol–water partition coefficient (Wildman–Crippen LogP) is 3.28. The van der Waals surface area contributed by atoms with Gasteiger partial charge in [-0.3, -0.25) is 14.4 Å². The van der Waals surface area contributed by atoms with Crippen molar-refractivity contribution in [1.29, 1.82) is 0 Å². The summed E-state index contributed by atoms with van der Waals surface area (Å²) in [7, 11) is 0. The van der Waals surface area contributed by atoms with Gasteiger partial charge in [-0.2, -0.15) is 0 Å². The Hall–Kier alpha value is -3.74. The number of halogens is 1. The largest absolute Gasteiger partial charge is 0.351 e. The van der Waals surface area contributed by atoms with Crippen LogP contribution in [0.5, 0.6) is 0 Å². The standard InChI is InChI=1S/C26H26FN3O3/c1-26(2,20-8-4-5-9-21(20)27)17-28-25(33)19-11-12-23(31)29(15-19)16-24(32)30-14-13-18-7-3-6-10-22(18)30/h3-12,15H,13-14,16-17H2,1-2H3,(H,28,33). The molecule has 6 nitrogen and oxygen atoms in total. The zero-order chi connectivity index (χ0) is 23.6. The van der Waals surface area contributed by atoms with Gasteiger partial charge in [0.2, 0.25) is 5.91 Å². The van der Waals surface area contributed by atoms with E-state index in [-0.39, 0.29) is 35.9 Å². The molecule has 2 aromatic carbocycles. The van der Waals surface area contributed by atoms with Crippen LogP contribution in [-0.4, -0.2) is 29.5 Å². The van der Waals surface area contributed by atoms with Crippen LogP contribution in [0.2, 0.25) is 0 Å². The van der Waals surface area contributed by atoms with Crippen molar-refractivity contribution in [2.45, 2.75) is 32.2 Å². The van der Waals surface area contributed by atoms with Gasteiger partial charge in [0.05, 0.1) is 5.56 Å². The molecule has 0 bridgehead atoms. The maximum atomic E-state index is 14.2. The summed E-state index contributed by atoms with van der Waals surface area (Å²) in [4.78, 5) is 39.7. The van der Waals surface area contributed by atoms with Gasteiger partial charge >= 0.3 is 0 Å². The van der Waals surface area contributed by atoms with Gasteiger partial charge in [0, 0.05) is 36.5 Å². The highest BCUT2D eigenvalue weighted by atomic mass is 19.1. The zero-order valence-corrected chi connectivity index (χ0v) is 18.7. The summed E-state index contributed by atoms with van der Waals surface area (Å²) >= 11 is 0. The Bertz CT molecular complexity index is 1270. The summed E-state index contributed by atoms with van der Waals surface area (Å²) in [5.41, 5.74) is 1.73. The van der Waals surface area contributed by atoms with Crippen molar-refractivity contribution < 1.29 is 14.0 Å². The smallest absolute Gasteiger partial charge is 0.252 e. The minimum Gasteiger partial charge on any atom is -0.351 e. The van der Waals surface area contributed by atoms with E-state index in [1.807, 2.05) is 38.1 Å². The number of fused-ring (bicyclic) bond motifs is 1. The second kappa shape index (κ2) is 9.02. The molecule has 2 amide bonds. The molecule has 4 rings (SSSR count). The molecule has 3 aromatic rings. The third-order valence-electron chi connectivity index (χ3n) is 6.03. The molecule has 2 heterocycles. The van der Waals surface area contributed by atoms with E-state index in [9.17, 15) is 18.8 Å². The molecule has 1 N–H and O–H groups in total. The second-order valence-electron chi connectivity index (χ2n) is 8.85. The first-order valence-electron chi connectivity index (χ1n) is 10.9. The molecule has 0 saturated carbocycles. The van der Waals surface area contributed by atoms with Crippen LogP contribution in [-0.2, 0) is 23.2 Å².